The molecule has 6 heteroatoms. The third-order valence-electron chi connectivity index (χ3n) is 2.12. The van der Waals surface area contributed by atoms with E-state index in [4.69, 9.17) is 10.2 Å². The molecular formula is C13H15ClN2O3. The van der Waals surface area contributed by atoms with Crippen molar-refractivity contribution in [3.05, 3.63) is 53.4 Å². The summed E-state index contributed by atoms with van der Waals surface area (Å²) in [7, 11) is 1.72. The molecule has 2 aromatic carbocycles. The Morgan fingerprint density at radius 2 is 1.68 bits per heavy atom. The van der Waals surface area contributed by atoms with Crippen LogP contribution < -0.4 is 5.32 Å². The smallest absolute Gasteiger partial charge is 0.149 e. The molecule has 0 radical (unpaired) electrons. The summed E-state index contributed by atoms with van der Waals surface area (Å²) in [5.74, 6) is 0.217. The second-order valence-corrected chi connectivity index (χ2v) is 3.38. The number of halogens is 1. The van der Waals surface area contributed by atoms with Gasteiger partial charge < -0.3 is 15.5 Å². The monoisotopic (exact) mass is 282 g/mol. The number of anilines is 1. The largest absolute Gasteiger partial charge is 0.508 e. The topological polar surface area (TPSA) is 81.9 Å². The van der Waals surface area contributed by atoms with Crippen LogP contribution in [0.1, 0.15) is 0 Å². The lowest BCUT2D eigenvalue weighted by molar-refractivity contribution is 0.475. The summed E-state index contributed by atoms with van der Waals surface area (Å²) in [5.41, 5.74) is 0.805. The Morgan fingerprint density at radius 3 is 2.05 bits per heavy atom. The van der Waals surface area contributed by atoms with Crippen molar-refractivity contribution in [1.82, 2.24) is 0 Å². The highest BCUT2D eigenvalue weighted by atomic mass is 35.5. The summed E-state index contributed by atoms with van der Waals surface area (Å²) in [6.07, 6.45) is 0. The summed E-state index contributed by atoms with van der Waals surface area (Å²) in [4.78, 5) is 10.00. The van der Waals surface area contributed by atoms with Gasteiger partial charge >= 0.3 is 0 Å². The van der Waals surface area contributed by atoms with Gasteiger partial charge in [0.15, 0.2) is 0 Å². The molecule has 2 rings (SSSR count). The van der Waals surface area contributed by atoms with Crippen molar-refractivity contribution in [3.63, 3.8) is 0 Å². The lowest BCUT2D eigenvalue weighted by atomic mass is 10.2. The number of aromatic hydroxyl groups is 2. The highest BCUT2D eigenvalue weighted by Gasteiger charge is 2.00. The molecule has 0 aliphatic carbocycles. The molecule has 102 valence electrons. The van der Waals surface area contributed by atoms with E-state index in [1.165, 1.54) is 12.1 Å². The molecule has 3 N–H and O–H groups in total. The van der Waals surface area contributed by atoms with Crippen LogP contribution in [0.3, 0.4) is 0 Å². The van der Waals surface area contributed by atoms with Crippen LogP contribution in [0.15, 0.2) is 53.7 Å². The van der Waals surface area contributed by atoms with Crippen molar-refractivity contribution < 1.29 is 10.2 Å². The molecule has 0 aliphatic rings. The lowest BCUT2D eigenvalue weighted by Gasteiger charge is -2.00. The summed E-state index contributed by atoms with van der Waals surface area (Å²) < 4.78 is 0. The van der Waals surface area contributed by atoms with Gasteiger partial charge in [-0.15, -0.1) is 17.3 Å². The van der Waals surface area contributed by atoms with E-state index in [9.17, 15) is 4.91 Å². The van der Waals surface area contributed by atoms with E-state index in [1.54, 1.807) is 37.4 Å². The fraction of sp³-hybridized carbons (Fsp3) is 0.0769. The number of para-hydroxylation sites is 1. The Balaban J connectivity index is 0.000000352. The molecule has 0 amide bonds. The Labute approximate surface area is 117 Å². The van der Waals surface area contributed by atoms with Crippen LogP contribution >= 0.6 is 12.4 Å². The SMILES string of the molecule is CNc1ccc(N=O)c(O)c1.Cl.Oc1ccccc1. The molecule has 0 saturated heterocycles. The first kappa shape index (κ1) is 16.7. The lowest BCUT2D eigenvalue weighted by Crippen LogP contribution is -1.85. The number of phenols is 2. The van der Waals surface area contributed by atoms with Gasteiger partial charge in [0, 0.05) is 18.8 Å². The van der Waals surface area contributed by atoms with Crippen molar-refractivity contribution in [3.8, 4) is 11.5 Å². The number of phenolic OH excluding ortho intramolecular Hbond substituents is 2. The number of nitroso groups, excluding NO2 is 1. The molecular weight excluding hydrogens is 268 g/mol. The summed E-state index contributed by atoms with van der Waals surface area (Å²) in [6, 6.07) is 13.3. The van der Waals surface area contributed by atoms with Crippen LogP contribution in [-0.2, 0) is 0 Å². The average Bonchev–Trinajstić information content (AvgIpc) is 2.40. The van der Waals surface area contributed by atoms with E-state index >= 15 is 0 Å². The Hall–Kier alpha value is -2.27. The van der Waals surface area contributed by atoms with Gasteiger partial charge in [-0.05, 0) is 29.4 Å². The Bertz CT molecular complexity index is 506. The Morgan fingerprint density at radius 1 is 1.05 bits per heavy atom. The first-order valence-corrected chi connectivity index (χ1v) is 5.25. The maximum Gasteiger partial charge on any atom is 0.149 e. The minimum absolute atomic E-state index is 0. The second-order valence-electron chi connectivity index (χ2n) is 3.38. The predicted molar refractivity (Wildman–Crippen MR) is 78.5 cm³/mol. The zero-order chi connectivity index (χ0) is 13.4. The predicted octanol–water partition coefficient (Wildman–Crippen LogP) is 3.65. The second kappa shape index (κ2) is 8.77. The van der Waals surface area contributed by atoms with Crippen molar-refractivity contribution >= 4 is 23.8 Å². The van der Waals surface area contributed by atoms with Gasteiger partial charge in [0.1, 0.15) is 17.2 Å². The molecule has 0 atom stereocenters. The molecule has 19 heavy (non-hydrogen) atoms. The summed E-state index contributed by atoms with van der Waals surface area (Å²) in [6.45, 7) is 0. The van der Waals surface area contributed by atoms with Crippen LogP contribution in [0.5, 0.6) is 11.5 Å². The van der Waals surface area contributed by atoms with E-state index in [1.807, 2.05) is 6.07 Å². The summed E-state index contributed by atoms with van der Waals surface area (Å²) in [5, 5.41) is 23.2. The molecule has 0 saturated carbocycles. The molecule has 0 unspecified atom stereocenters. The highest BCUT2D eigenvalue weighted by molar-refractivity contribution is 5.85. The molecule has 5 nitrogen and oxygen atoms in total. The number of benzene rings is 2. The van der Waals surface area contributed by atoms with Crippen LogP contribution in [0.4, 0.5) is 11.4 Å². The Kier molecular flexibility index (Phi) is 7.72. The molecule has 0 heterocycles. The van der Waals surface area contributed by atoms with E-state index in [-0.39, 0.29) is 23.8 Å². The van der Waals surface area contributed by atoms with E-state index < -0.39 is 0 Å². The van der Waals surface area contributed by atoms with Crippen LogP contribution in [0.2, 0.25) is 0 Å². The fourth-order valence-corrected chi connectivity index (χ4v) is 1.18. The van der Waals surface area contributed by atoms with Crippen molar-refractivity contribution in [2.75, 3.05) is 12.4 Å². The maximum atomic E-state index is 10.00. The molecule has 0 spiro atoms. The molecule has 0 aromatic heterocycles. The van der Waals surface area contributed by atoms with Gasteiger partial charge in [-0.2, -0.15) is 0 Å². The average molecular weight is 283 g/mol. The highest BCUT2D eigenvalue weighted by Crippen LogP contribution is 2.28. The van der Waals surface area contributed by atoms with Crippen molar-refractivity contribution in [2.45, 2.75) is 0 Å². The number of hydrogen-bond donors (Lipinski definition) is 3. The van der Waals surface area contributed by atoms with E-state index in [2.05, 4.69) is 10.5 Å². The fourth-order valence-electron chi connectivity index (χ4n) is 1.18. The van der Waals surface area contributed by atoms with Gasteiger partial charge in [0.05, 0.1) is 0 Å². The quantitative estimate of drug-likeness (QED) is 0.734. The van der Waals surface area contributed by atoms with Crippen molar-refractivity contribution in [2.24, 2.45) is 5.18 Å². The minimum atomic E-state index is -0.105. The van der Waals surface area contributed by atoms with E-state index in [0.717, 1.165) is 5.69 Å². The maximum absolute atomic E-state index is 10.00. The first-order valence-electron chi connectivity index (χ1n) is 5.25. The normalized spacial score (nSPS) is 8.47. The first-order chi connectivity index (χ1) is 8.67. The number of rotatable bonds is 2. The van der Waals surface area contributed by atoms with Gasteiger partial charge in [0.2, 0.25) is 0 Å². The van der Waals surface area contributed by atoms with Gasteiger partial charge in [-0.25, -0.2) is 0 Å². The summed E-state index contributed by atoms with van der Waals surface area (Å²) >= 11 is 0. The molecule has 0 aliphatic heterocycles. The van der Waals surface area contributed by atoms with Gasteiger partial charge in [0.25, 0.3) is 0 Å². The number of nitrogens with one attached hydrogen (secondary N) is 1. The number of nitrogens with zero attached hydrogens (tertiary/aromatic N) is 1. The zero-order valence-corrected chi connectivity index (χ0v) is 11.1. The van der Waals surface area contributed by atoms with E-state index in [0.29, 0.717) is 5.75 Å². The number of hydrogen-bond acceptors (Lipinski definition) is 5. The van der Waals surface area contributed by atoms with Crippen LogP contribution in [-0.4, -0.2) is 17.3 Å². The molecule has 2 aromatic rings. The van der Waals surface area contributed by atoms with Crippen LogP contribution in [0.25, 0.3) is 0 Å². The standard InChI is InChI=1S/C7H8N2O2.C6H6O.ClH/c1-8-5-2-3-6(9-11)7(10)4-5;7-6-4-2-1-3-5-6;/h2-4,8,10H,1H3;1-5,7H;1H. The van der Waals surface area contributed by atoms with Crippen molar-refractivity contribution in [1.29, 1.82) is 0 Å². The molecule has 0 fully saturated rings. The third-order valence-corrected chi connectivity index (χ3v) is 2.12. The third kappa shape index (κ3) is 5.74. The zero-order valence-electron chi connectivity index (χ0n) is 10.3. The van der Waals surface area contributed by atoms with Crippen LogP contribution in [0, 0.1) is 4.91 Å². The van der Waals surface area contributed by atoms with Gasteiger partial charge in [-0.3, -0.25) is 0 Å². The minimum Gasteiger partial charge on any atom is -0.508 e. The van der Waals surface area contributed by atoms with Gasteiger partial charge in [-0.1, -0.05) is 18.2 Å². The molecule has 0 bridgehead atoms.